The van der Waals surface area contributed by atoms with Crippen molar-refractivity contribution in [2.75, 3.05) is 31.6 Å². The van der Waals surface area contributed by atoms with E-state index in [1.165, 1.54) is 0 Å². The lowest BCUT2D eigenvalue weighted by molar-refractivity contribution is -0.136. The lowest BCUT2D eigenvalue weighted by Crippen LogP contribution is -2.52. The highest BCUT2D eigenvalue weighted by molar-refractivity contribution is 6.06. The largest absolute Gasteiger partial charge is 0.381 e. The predicted molar refractivity (Wildman–Crippen MR) is 122 cm³/mol. The van der Waals surface area contributed by atoms with Crippen molar-refractivity contribution < 1.29 is 27.3 Å². The molecule has 0 aromatic heterocycles. The zero-order valence-electron chi connectivity index (χ0n) is 23.9. The fourth-order valence-corrected chi connectivity index (χ4v) is 4.11. The fraction of sp³-hybridized carbons (Fsp3) is 0.400. The van der Waals surface area contributed by atoms with Crippen molar-refractivity contribution in [3.63, 3.8) is 0 Å². The summed E-state index contributed by atoms with van der Waals surface area (Å²) in [5, 5.41) is 5.12. The van der Waals surface area contributed by atoms with Crippen LogP contribution < -0.4 is 10.6 Å². The maximum Gasteiger partial charge on any atom is 0.255 e. The van der Waals surface area contributed by atoms with E-state index in [1.54, 1.807) is 35.2 Å². The molecule has 0 spiro atoms. The highest BCUT2D eigenvalue weighted by Gasteiger charge is 2.39. The zero-order chi connectivity index (χ0) is 28.2. The van der Waals surface area contributed by atoms with Crippen molar-refractivity contribution in [2.24, 2.45) is 0 Å². The van der Waals surface area contributed by atoms with Crippen LogP contribution in [0.5, 0.6) is 0 Å². The summed E-state index contributed by atoms with van der Waals surface area (Å²) in [6.07, 6.45) is -5.95. The van der Waals surface area contributed by atoms with E-state index in [4.69, 9.17) is 13.0 Å². The highest BCUT2D eigenvalue weighted by atomic mass is 16.5. The zero-order valence-corrected chi connectivity index (χ0v) is 17.9. The van der Waals surface area contributed by atoms with Crippen molar-refractivity contribution in [3.05, 3.63) is 64.7 Å². The number of nitrogens with one attached hydrogen (secondary N) is 2. The van der Waals surface area contributed by atoms with Crippen molar-refractivity contribution in [1.82, 2.24) is 15.1 Å². The Bertz CT molecular complexity index is 1310. The number of amides is 3. The van der Waals surface area contributed by atoms with Crippen LogP contribution in [0.25, 0.3) is 0 Å². The minimum Gasteiger partial charge on any atom is -0.381 e. The number of ether oxygens (including phenoxy) is 1. The molecule has 2 aromatic rings. The van der Waals surface area contributed by atoms with E-state index in [0.717, 1.165) is 10.5 Å². The van der Waals surface area contributed by atoms with Crippen LogP contribution in [-0.2, 0) is 33.9 Å². The smallest absolute Gasteiger partial charge is 0.255 e. The van der Waals surface area contributed by atoms with Gasteiger partial charge in [0.2, 0.25) is 11.8 Å². The highest BCUT2D eigenvalue weighted by Crippen LogP contribution is 2.32. The average Bonchev–Trinajstić information content (AvgIpc) is 3.23. The Kier molecular flexibility index (Phi) is 4.40. The molecule has 3 amide bonds. The number of benzene rings is 2. The molecular weight excluding hydrogens is 420 g/mol. The van der Waals surface area contributed by atoms with Gasteiger partial charge in [-0.2, -0.15) is 0 Å². The number of anilines is 1. The van der Waals surface area contributed by atoms with E-state index in [0.29, 0.717) is 49.7 Å². The number of rotatable bonds is 6. The number of hydrogen-bond acceptors (Lipinski definition) is 6. The molecule has 0 radical (unpaired) electrons. The second-order valence-corrected chi connectivity index (χ2v) is 8.02. The molecule has 8 nitrogen and oxygen atoms in total. The topological polar surface area (TPSA) is 91.0 Å². The molecule has 172 valence electrons. The van der Waals surface area contributed by atoms with Gasteiger partial charge in [-0.1, -0.05) is 30.3 Å². The third-order valence-corrected chi connectivity index (χ3v) is 5.85. The molecule has 2 fully saturated rings. The number of morpholine rings is 1. The molecule has 1 unspecified atom stereocenters. The molecule has 0 saturated carbocycles. The lowest BCUT2D eigenvalue weighted by Gasteiger charge is -2.29. The van der Waals surface area contributed by atoms with Gasteiger partial charge in [0.05, 0.1) is 13.2 Å². The van der Waals surface area contributed by atoms with E-state index in [1.807, 2.05) is 17.4 Å². The van der Waals surface area contributed by atoms with Crippen molar-refractivity contribution >= 4 is 23.4 Å². The van der Waals surface area contributed by atoms with Gasteiger partial charge in [-0.3, -0.25) is 24.6 Å². The minimum absolute atomic E-state index is 0.141. The lowest BCUT2D eigenvalue weighted by atomic mass is 10.0. The first-order chi connectivity index (χ1) is 18.4. The van der Waals surface area contributed by atoms with Gasteiger partial charge in [0.25, 0.3) is 5.91 Å². The van der Waals surface area contributed by atoms with Gasteiger partial charge in [-0.15, -0.1) is 0 Å². The third kappa shape index (κ3) is 4.62. The predicted octanol–water partition coefficient (Wildman–Crippen LogP) is 1.89. The van der Waals surface area contributed by atoms with Crippen LogP contribution in [0.15, 0.2) is 42.5 Å². The first-order valence-corrected chi connectivity index (χ1v) is 10.8. The van der Waals surface area contributed by atoms with E-state index in [9.17, 15) is 14.4 Å². The first kappa shape index (κ1) is 15.6. The average molecular weight is 455 g/mol. The van der Waals surface area contributed by atoms with Gasteiger partial charge in [0.1, 0.15) is 6.04 Å². The van der Waals surface area contributed by atoms with Crippen LogP contribution in [0.4, 0.5) is 5.69 Å². The van der Waals surface area contributed by atoms with E-state index in [2.05, 4.69) is 5.32 Å². The molecular formula is C25H28N4O4. The Balaban J connectivity index is 1.32. The Labute approximate surface area is 201 Å². The summed E-state index contributed by atoms with van der Waals surface area (Å²) in [6, 6.07) is 10.3. The maximum atomic E-state index is 13.2. The summed E-state index contributed by atoms with van der Waals surface area (Å²) in [4.78, 5) is 40.5. The first-order valence-electron chi connectivity index (χ1n) is 13.8. The molecule has 0 aliphatic carbocycles. The minimum atomic E-state index is -3.01. The molecule has 0 bridgehead atoms. The molecule has 2 N–H and O–H groups in total. The third-order valence-electron chi connectivity index (χ3n) is 5.85. The molecule has 1 atom stereocenters. The summed E-state index contributed by atoms with van der Waals surface area (Å²) in [7, 11) is 0. The summed E-state index contributed by atoms with van der Waals surface area (Å²) >= 11 is 0. The van der Waals surface area contributed by atoms with Crippen LogP contribution in [-0.4, -0.2) is 59.9 Å². The standard InChI is InChI=1S/C25H28N4O4/c30-23-9-8-22(24(31)27-23)29-16-20-19(25(29)32)2-1-3-21(20)26-14-17-4-6-18(7-5-17)15-28-10-12-33-13-11-28/h1-7,22,26H,8-16H2,(H,27,30,31)/i8D2,9D2,15D2. The monoisotopic (exact) mass is 454 g/mol. The Morgan fingerprint density at radius 1 is 1.09 bits per heavy atom. The number of piperidine rings is 1. The summed E-state index contributed by atoms with van der Waals surface area (Å²) in [5.41, 5.74) is 2.78. The Morgan fingerprint density at radius 2 is 1.85 bits per heavy atom. The second kappa shape index (κ2) is 9.33. The summed E-state index contributed by atoms with van der Waals surface area (Å²) in [6.45, 7) is 0.585. The van der Waals surface area contributed by atoms with E-state index in [-0.39, 0.29) is 12.1 Å². The van der Waals surface area contributed by atoms with Crippen molar-refractivity contribution in [1.29, 1.82) is 0 Å². The van der Waals surface area contributed by atoms with Gasteiger partial charge in [-0.25, -0.2) is 0 Å². The normalized spacial score (nSPS) is 27.3. The molecule has 3 heterocycles. The van der Waals surface area contributed by atoms with Crippen LogP contribution in [0.3, 0.4) is 0 Å². The summed E-state index contributed by atoms with van der Waals surface area (Å²) < 4.78 is 54.7. The quantitative estimate of drug-likeness (QED) is 0.648. The van der Waals surface area contributed by atoms with Crippen molar-refractivity contribution in [3.8, 4) is 0 Å². The SMILES string of the molecule is [2H]C([2H])(c1ccc(CNc2cccc3c2CN(C2C(=O)NC(=O)C([2H])([2H])C2([2H])[2H])C3=O)cc1)N1CCOCC1. The molecule has 2 aromatic carbocycles. The van der Waals surface area contributed by atoms with Crippen LogP contribution in [0, 0.1) is 0 Å². The Hall–Kier alpha value is -3.23. The maximum absolute atomic E-state index is 13.2. The second-order valence-electron chi connectivity index (χ2n) is 8.02. The molecule has 3 aliphatic heterocycles. The van der Waals surface area contributed by atoms with Gasteiger partial charge in [-0.05, 0) is 29.6 Å². The van der Waals surface area contributed by atoms with Crippen LogP contribution >= 0.6 is 0 Å². The number of carbonyl (C=O) groups excluding carboxylic acids is 3. The van der Waals surface area contributed by atoms with E-state index < -0.39 is 43.0 Å². The Morgan fingerprint density at radius 3 is 2.64 bits per heavy atom. The number of fused-ring (bicyclic) bond motifs is 1. The number of imide groups is 1. The van der Waals surface area contributed by atoms with Crippen LogP contribution in [0.1, 0.15) is 48.0 Å². The molecule has 3 aliphatic rings. The molecule has 8 heteroatoms. The van der Waals surface area contributed by atoms with Gasteiger partial charge in [0, 0.05) is 64.1 Å². The fourth-order valence-electron chi connectivity index (χ4n) is 4.11. The van der Waals surface area contributed by atoms with Crippen molar-refractivity contribution in [2.45, 2.75) is 38.4 Å². The molecule has 2 saturated heterocycles. The number of nitrogens with zero attached hydrogens (tertiary/aromatic N) is 2. The van der Waals surface area contributed by atoms with Crippen LogP contribution in [0.2, 0.25) is 0 Å². The van der Waals surface area contributed by atoms with Gasteiger partial charge >= 0.3 is 0 Å². The molecule has 33 heavy (non-hydrogen) atoms. The van der Waals surface area contributed by atoms with Gasteiger partial charge < -0.3 is 15.0 Å². The molecule has 5 rings (SSSR count). The van der Waals surface area contributed by atoms with Gasteiger partial charge in [0.15, 0.2) is 0 Å². The van der Waals surface area contributed by atoms with E-state index >= 15 is 0 Å². The number of carbonyl (C=O) groups is 3. The summed E-state index contributed by atoms with van der Waals surface area (Å²) in [5.74, 6) is -3.06. The number of hydrogen-bond donors (Lipinski definition) is 2.